The van der Waals surface area contributed by atoms with E-state index in [1.807, 2.05) is 0 Å². The van der Waals surface area contributed by atoms with Crippen molar-refractivity contribution < 1.29 is 22.9 Å². The fourth-order valence-electron chi connectivity index (χ4n) is 2.37. The third-order valence-electron chi connectivity index (χ3n) is 3.67. The van der Waals surface area contributed by atoms with Gasteiger partial charge in [-0.25, -0.2) is 0 Å². The SMILES string of the molecule is Cc1ccc(C(=O)NCCc2ccccc2C(F)(F)F)cc1[N+](=O)[O-]. The van der Waals surface area contributed by atoms with E-state index in [4.69, 9.17) is 0 Å². The molecule has 8 heteroatoms. The van der Waals surface area contributed by atoms with Crippen molar-refractivity contribution in [2.45, 2.75) is 19.5 Å². The molecule has 25 heavy (non-hydrogen) atoms. The lowest BCUT2D eigenvalue weighted by Crippen LogP contribution is -2.26. The molecule has 1 amide bonds. The van der Waals surface area contributed by atoms with Gasteiger partial charge in [-0.15, -0.1) is 0 Å². The highest BCUT2D eigenvalue weighted by Gasteiger charge is 2.32. The van der Waals surface area contributed by atoms with E-state index < -0.39 is 22.6 Å². The zero-order valence-electron chi connectivity index (χ0n) is 13.3. The molecule has 2 rings (SSSR count). The number of hydrogen-bond donors (Lipinski definition) is 1. The molecule has 0 fully saturated rings. The van der Waals surface area contributed by atoms with E-state index >= 15 is 0 Å². The summed E-state index contributed by atoms with van der Waals surface area (Å²) in [5.41, 5.74) is -0.350. The number of nitrogens with one attached hydrogen (secondary N) is 1. The van der Waals surface area contributed by atoms with Crippen molar-refractivity contribution in [3.8, 4) is 0 Å². The smallest absolute Gasteiger partial charge is 0.352 e. The molecule has 2 aromatic carbocycles. The van der Waals surface area contributed by atoms with Crippen LogP contribution in [0.4, 0.5) is 18.9 Å². The molecule has 0 saturated carbocycles. The summed E-state index contributed by atoms with van der Waals surface area (Å²) in [6, 6.07) is 9.17. The Morgan fingerprint density at radius 3 is 2.52 bits per heavy atom. The molecule has 0 heterocycles. The third kappa shape index (κ3) is 4.56. The average molecular weight is 352 g/mol. The highest BCUT2D eigenvalue weighted by atomic mass is 19.4. The summed E-state index contributed by atoms with van der Waals surface area (Å²) in [6.07, 6.45) is -4.46. The Morgan fingerprint density at radius 1 is 1.20 bits per heavy atom. The second-order valence-electron chi connectivity index (χ2n) is 5.42. The summed E-state index contributed by atoms with van der Waals surface area (Å²) < 4.78 is 38.7. The first-order valence-corrected chi connectivity index (χ1v) is 7.38. The number of benzene rings is 2. The molecule has 0 aliphatic carbocycles. The molecule has 2 aromatic rings. The molecule has 132 valence electrons. The Morgan fingerprint density at radius 2 is 1.88 bits per heavy atom. The van der Waals surface area contributed by atoms with Gasteiger partial charge in [-0.05, 0) is 31.0 Å². The molecule has 0 unspecified atom stereocenters. The molecule has 5 nitrogen and oxygen atoms in total. The number of hydrogen-bond acceptors (Lipinski definition) is 3. The third-order valence-corrected chi connectivity index (χ3v) is 3.67. The van der Waals surface area contributed by atoms with Gasteiger partial charge in [0.1, 0.15) is 0 Å². The van der Waals surface area contributed by atoms with Gasteiger partial charge >= 0.3 is 6.18 Å². The van der Waals surface area contributed by atoms with Gasteiger partial charge in [0.05, 0.1) is 10.5 Å². The number of amides is 1. The molecule has 0 atom stereocenters. The van der Waals surface area contributed by atoms with Gasteiger partial charge in [0, 0.05) is 23.7 Å². The lowest BCUT2D eigenvalue weighted by atomic mass is 10.0. The van der Waals surface area contributed by atoms with Crippen LogP contribution in [0.2, 0.25) is 0 Å². The number of rotatable bonds is 5. The van der Waals surface area contributed by atoms with E-state index in [1.54, 1.807) is 6.92 Å². The van der Waals surface area contributed by atoms with Crippen LogP contribution in [0, 0.1) is 17.0 Å². The number of alkyl halides is 3. The van der Waals surface area contributed by atoms with Crippen molar-refractivity contribution in [1.82, 2.24) is 5.32 Å². The van der Waals surface area contributed by atoms with E-state index in [2.05, 4.69) is 5.32 Å². The summed E-state index contributed by atoms with van der Waals surface area (Å²) in [6.45, 7) is 1.53. The van der Waals surface area contributed by atoms with Crippen molar-refractivity contribution in [3.63, 3.8) is 0 Å². The Labute approximate surface area is 141 Å². The van der Waals surface area contributed by atoms with Crippen LogP contribution in [0.5, 0.6) is 0 Å². The lowest BCUT2D eigenvalue weighted by Gasteiger charge is -2.13. The fourth-order valence-corrected chi connectivity index (χ4v) is 2.37. The first-order chi connectivity index (χ1) is 11.7. The zero-order valence-corrected chi connectivity index (χ0v) is 13.3. The number of nitrogens with zero attached hydrogens (tertiary/aromatic N) is 1. The normalized spacial score (nSPS) is 11.2. The van der Waals surface area contributed by atoms with Crippen LogP contribution in [0.15, 0.2) is 42.5 Å². The maximum Gasteiger partial charge on any atom is 0.416 e. The van der Waals surface area contributed by atoms with E-state index in [9.17, 15) is 28.1 Å². The molecule has 1 N–H and O–H groups in total. The minimum Gasteiger partial charge on any atom is -0.352 e. The second kappa shape index (κ2) is 7.33. The minimum absolute atomic E-state index is 0.00459. The summed E-state index contributed by atoms with van der Waals surface area (Å²) in [4.78, 5) is 22.3. The Kier molecular flexibility index (Phi) is 5.41. The van der Waals surface area contributed by atoms with Crippen molar-refractivity contribution >= 4 is 11.6 Å². The first-order valence-electron chi connectivity index (χ1n) is 7.38. The van der Waals surface area contributed by atoms with Crippen LogP contribution in [0.1, 0.15) is 27.0 Å². The fraction of sp³-hybridized carbons (Fsp3) is 0.235. The summed E-state index contributed by atoms with van der Waals surface area (Å²) in [5.74, 6) is -0.576. The number of halogens is 3. The van der Waals surface area contributed by atoms with Crippen LogP contribution in [-0.4, -0.2) is 17.4 Å². The van der Waals surface area contributed by atoms with Gasteiger partial charge in [-0.2, -0.15) is 13.2 Å². The Balaban J connectivity index is 2.05. The quantitative estimate of drug-likeness (QED) is 0.655. The Bertz CT molecular complexity index is 804. The van der Waals surface area contributed by atoms with Gasteiger partial charge in [0.25, 0.3) is 11.6 Å². The highest BCUT2D eigenvalue weighted by Crippen LogP contribution is 2.31. The molecule has 0 spiro atoms. The standard InChI is InChI=1S/C17H15F3N2O3/c1-11-6-7-13(10-15(11)22(24)25)16(23)21-9-8-12-4-2-3-5-14(12)17(18,19)20/h2-7,10H,8-9H2,1H3,(H,21,23). The summed E-state index contributed by atoms with van der Waals surface area (Å²) in [5, 5.41) is 13.4. The van der Waals surface area contributed by atoms with Crippen molar-refractivity contribution in [1.29, 1.82) is 0 Å². The summed E-state index contributed by atoms with van der Waals surface area (Å²) in [7, 11) is 0. The monoisotopic (exact) mass is 352 g/mol. The predicted molar refractivity (Wildman–Crippen MR) is 85.3 cm³/mol. The van der Waals surface area contributed by atoms with Crippen molar-refractivity contribution in [2.24, 2.45) is 0 Å². The Hall–Kier alpha value is -2.90. The van der Waals surface area contributed by atoms with Gasteiger partial charge < -0.3 is 5.32 Å². The van der Waals surface area contributed by atoms with Crippen molar-refractivity contribution in [2.75, 3.05) is 6.54 Å². The molecular formula is C17H15F3N2O3. The van der Waals surface area contributed by atoms with Crippen LogP contribution >= 0.6 is 0 Å². The largest absolute Gasteiger partial charge is 0.416 e. The van der Waals surface area contributed by atoms with E-state index in [1.165, 1.54) is 30.3 Å². The molecule has 0 radical (unpaired) electrons. The van der Waals surface area contributed by atoms with Crippen LogP contribution in [0.25, 0.3) is 0 Å². The number of carbonyl (C=O) groups is 1. The maximum atomic E-state index is 12.9. The number of carbonyl (C=O) groups excluding carboxylic acids is 1. The lowest BCUT2D eigenvalue weighted by molar-refractivity contribution is -0.385. The number of nitro benzene ring substituents is 1. The van der Waals surface area contributed by atoms with E-state index in [0.717, 1.165) is 12.1 Å². The predicted octanol–water partition coefficient (Wildman–Crippen LogP) is 3.89. The van der Waals surface area contributed by atoms with Gasteiger partial charge in [-0.3, -0.25) is 14.9 Å². The molecule has 0 bridgehead atoms. The first kappa shape index (κ1) is 18.4. The molecule has 0 saturated heterocycles. The van der Waals surface area contributed by atoms with Crippen LogP contribution < -0.4 is 5.32 Å². The zero-order chi connectivity index (χ0) is 18.6. The summed E-state index contributed by atoms with van der Waals surface area (Å²) >= 11 is 0. The molecule has 0 aliphatic heterocycles. The maximum absolute atomic E-state index is 12.9. The van der Waals surface area contributed by atoms with Gasteiger partial charge in [0.15, 0.2) is 0 Å². The second-order valence-corrected chi connectivity index (χ2v) is 5.42. The molecular weight excluding hydrogens is 337 g/mol. The van der Waals surface area contributed by atoms with Crippen LogP contribution in [0.3, 0.4) is 0 Å². The van der Waals surface area contributed by atoms with Gasteiger partial charge in [-0.1, -0.05) is 24.3 Å². The van der Waals surface area contributed by atoms with E-state index in [0.29, 0.717) is 5.56 Å². The van der Waals surface area contributed by atoms with Crippen LogP contribution in [-0.2, 0) is 12.6 Å². The molecule has 0 aromatic heterocycles. The molecule has 0 aliphatic rings. The minimum atomic E-state index is -4.46. The number of aryl methyl sites for hydroxylation is 1. The number of nitro groups is 1. The average Bonchev–Trinajstić information content (AvgIpc) is 2.54. The topological polar surface area (TPSA) is 72.2 Å². The van der Waals surface area contributed by atoms with Gasteiger partial charge in [0.2, 0.25) is 0 Å². The highest BCUT2D eigenvalue weighted by molar-refractivity contribution is 5.94. The van der Waals surface area contributed by atoms with Crippen molar-refractivity contribution in [3.05, 3.63) is 74.8 Å². The van der Waals surface area contributed by atoms with E-state index in [-0.39, 0.29) is 29.8 Å².